The van der Waals surface area contributed by atoms with Crippen LogP contribution in [0.3, 0.4) is 0 Å². The number of hydrogen-bond donors (Lipinski definition) is 1. The van der Waals surface area contributed by atoms with Gasteiger partial charge < -0.3 is 10.0 Å². The molecule has 0 unspecified atom stereocenters. The summed E-state index contributed by atoms with van der Waals surface area (Å²) >= 11 is 1.51. The molecule has 0 bridgehead atoms. The molecule has 1 amide bonds. The van der Waals surface area contributed by atoms with Gasteiger partial charge in [-0.15, -0.1) is 11.8 Å². The first-order valence-electron chi connectivity index (χ1n) is 7.85. The number of nitriles is 1. The molecule has 0 radical (unpaired) electrons. The highest BCUT2D eigenvalue weighted by atomic mass is 32.2. The molecule has 3 rings (SSSR count). The lowest BCUT2D eigenvalue weighted by atomic mass is 10.1. The summed E-state index contributed by atoms with van der Waals surface area (Å²) in [5.41, 5.74) is 2.28. The zero-order chi connectivity index (χ0) is 16.9. The fourth-order valence-electron chi connectivity index (χ4n) is 2.76. The van der Waals surface area contributed by atoms with E-state index in [-0.39, 0.29) is 11.2 Å². The molecule has 1 N–H and O–H groups in total. The summed E-state index contributed by atoms with van der Waals surface area (Å²) in [6, 6.07) is 18.6. The van der Waals surface area contributed by atoms with Crippen molar-refractivity contribution in [1.82, 2.24) is 0 Å². The van der Waals surface area contributed by atoms with Crippen LogP contribution in [0.4, 0.5) is 5.69 Å². The zero-order valence-corrected chi connectivity index (χ0v) is 13.9. The van der Waals surface area contributed by atoms with Crippen LogP contribution in [-0.2, 0) is 4.79 Å². The second-order valence-electron chi connectivity index (χ2n) is 5.69. The Hall–Kier alpha value is -2.29. The molecule has 1 saturated heterocycles. The minimum atomic E-state index is -0.562. The van der Waals surface area contributed by atoms with E-state index in [0.717, 1.165) is 17.7 Å². The smallest absolute Gasteiger partial charge is 0.240 e. The Kier molecular flexibility index (Phi) is 5.19. The highest BCUT2D eigenvalue weighted by molar-refractivity contribution is 8.00. The maximum absolute atomic E-state index is 12.6. The summed E-state index contributed by atoms with van der Waals surface area (Å²) < 4.78 is 0. The van der Waals surface area contributed by atoms with Gasteiger partial charge in [-0.25, -0.2) is 0 Å². The van der Waals surface area contributed by atoms with Gasteiger partial charge in [-0.2, -0.15) is 5.26 Å². The first-order chi connectivity index (χ1) is 11.7. The van der Waals surface area contributed by atoms with Gasteiger partial charge in [0.15, 0.2) is 0 Å². The van der Waals surface area contributed by atoms with E-state index >= 15 is 0 Å². The summed E-state index contributed by atoms with van der Waals surface area (Å²) in [7, 11) is 0. The summed E-state index contributed by atoms with van der Waals surface area (Å²) in [4.78, 5) is 14.3. The van der Waals surface area contributed by atoms with Gasteiger partial charge in [-0.05, 0) is 36.2 Å². The van der Waals surface area contributed by atoms with Crippen molar-refractivity contribution in [2.75, 3.05) is 17.2 Å². The third-order valence-corrected chi connectivity index (χ3v) is 5.45. The number of nitrogens with zero attached hydrogens (tertiary/aromatic N) is 2. The van der Waals surface area contributed by atoms with E-state index in [1.54, 1.807) is 17.0 Å². The maximum atomic E-state index is 12.6. The van der Waals surface area contributed by atoms with Crippen LogP contribution in [0, 0.1) is 11.3 Å². The molecule has 122 valence electrons. The number of rotatable bonds is 5. The number of aliphatic hydroxyl groups is 1. The molecular formula is C19H18N2O2S. The van der Waals surface area contributed by atoms with Crippen LogP contribution in [0.5, 0.6) is 0 Å². The van der Waals surface area contributed by atoms with Crippen LogP contribution in [-0.4, -0.2) is 28.6 Å². The Morgan fingerprint density at radius 3 is 2.58 bits per heavy atom. The van der Waals surface area contributed by atoms with Gasteiger partial charge in [0.25, 0.3) is 0 Å². The summed E-state index contributed by atoms with van der Waals surface area (Å²) in [5, 5.41) is 19.0. The highest BCUT2D eigenvalue weighted by Crippen LogP contribution is 2.31. The number of carbonyl (C=O) groups is 1. The monoisotopic (exact) mass is 338 g/mol. The number of thioether (sulfide) groups is 1. The van der Waals surface area contributed by atoms with Crippen molar-refractivity contribution in [1.29, 1.82) is 5.26 Å². The second kappa shape index (κ2) is 7.52. The Bertz CT molecular complexity index is 740. The number of aliphatic hydroxyl groups excluding tert-OH is 1. The molecule has 1 aliphatic heterocycles. The quantitative estimate of drug-likeness (QED) is 0.910. The van der Waals surface area contributed by atoms with Crippen molar-refractivity contribution in [3.05, 3.63) is 65.7 Å². The molecule has 2 atom stereocenters. The van der Waals surface area contributed by atoms with Crippen LogP contribution in [0.2, 0.25) is 0 Å². The van der Waals surface area contributed by atoms with Crippen molar-refractivity contribution in [2.24, 2.45) is 0 Å². The summed E-state index contributed by atoms with van der Waals surface area (Å²) in [6.45, 7) is 0.670. The first kappa shape index (κ1) is 16.6. The minimum absolute atomic E-state index is 0.0740. The number of hydrogen-bond acceptors (Lipinski definition) is 4. The zero-order valence-electron chi connectivity index (χ0n) is 13.1. The van der Waals surface area contributed by atoms with Crippen molar-refractivity contribution in [3.8, 4) is 6.07 Å². The topological polar surface area (TPSA) is 64.3 Å². The molecule has 0 aromatic heterocycles. The van der Waals surface area contributed by atoms with E-state index in [9.17, 15) is 9.90 Å². The van der Waals surface area contributed by atoms with Crippen molar-refractivity contribution in [2.45, 2.75) is 17.8 Å². The van der Waals surface area contributed by atoms with Gasteiger partial charge in [-0.3, -0.25) is 4.79 Å². The molecule has 1 fully saturated rings. The third kappa shape index (κ3) is 3.61. The van der Waals surface area contributed by atoms with E-state index in [1.165, 1.54) is 11.8 Å². The molecule has 1 heterocycles. The molecule has 2 aromatic rings. The van der Waals surface area contributed by atoms with E-state index in [1.807, 2.05) is 42.5 Å². The van der Waals surface area contributed by atoms with Gasteiger partial charge in [0.1, 0.15) is 0 Å². The number of carbonyl (C=O) groups excluding carboxylic acids is 1. The van der Waals surface area contributed by atoms with Crippen molar-refractivity contribution in [3.63, 3.8) is 0 Å². The Labute approximate surface area is 145 Å². The molecule has 0 spiro atoms. The Morgan fingerprint density at radius 2 is 1.92 bits per heavy atom. The first-order valence-corrected chi connectivity index (χ1v) is 8.90. The normalized spacial score (nSPS) is 18.4. The fourth-order valence-corrected chi connectivity index (χ4v) is 3.91. The lowest BCUT2D eigenvalue weighted by Crippen LogP contribution is -2.28. The minimum Gasteiger partial charge on any atom is -0.388 e. The maximum Gasteiger partial charge on any atom is 0.240 e. The van der Waals surface area contributed by atoms with Gasteiger partial charge in [-0.1, -0.05) is 30.3 Å². The van der Waals surface area contributed by atoms with Crippen molar-refractivity contribution >= 4 is 23.4 Å². The largest absolute Gasteiger partial charge is 0.388 e. The predicted molar refractivity (Wildman–Crippen MR) is 95.8 cm³/mol. The van der Waals surface area contributed by atoms with Crippen LogP contribution in [0.1, 0.15) is 23.7 Å². The lowest BCUT2D eigenvalue weighted by molar-refractivity contribution is -0.116. The van der Waals surface area contributed by atoms with E-state index in [0.29, 0.717) is 17.9 Å². The summed E-state index contributed by atoms with van der Waals surface area (Å²) in [5.74, 6) is 0.576. The molecule has 5 heteroatoms. The standard InChI is InChI=1S/C19H18N2O2S/c20-12-14-6-8-16(9-7-14)21-11-10-18(19(21)23)24-13-17(22)15-4-2-1-3-5-15/h1-9,17-18,22H,10-11,13H2/t17-,18-/m0/s1. The fraction of sp³-hybridized carbons (Fsp3) is 0.263. The predicted octanol–water partition coefficient (Wildman–Crippen LogP) is 3.13. The van der Waals surface area contributed by atoms with Gasteiger partial charge in [0.2, 0.25) is 5.91 Å². The molecule has 24 heavy (non-hydrogen) atoms. The van der Waals surface area contributed by atoms with Gasteiger partial charge in [0, 0.05) is 18.0 Å². The second-order valence-corrected chi connectivity index (χ2v) is 6.92. The van der Waals surface area contributed by atoms with E-state index in [2.05, 4.69) is 6.07 Å². The lowest BCUT2D eigenvalue weighted by Gasteiger charge is -2.17. The average Bonchev–Trinajstić information content (AvgIpc) is 3.01. The van der Waals surface area contributed by atoms with E-state index in [4.69, 9.17) is 5.26 Å². The van der Waals surface area contributed by atoms with Crippen LogP contribution in [0.15, 0.2) is 54.6 Å². The molecular weight excluding hydrogens is 320 g/mol. The molecule has 0 aliphatic carbocycles. The number of amides is 1. The number of benzene rings is 2. The van der Waals surface area contributed by atoms with Crippen LogP contribution < -0.4 is 4.90 Å². The molecule has 1 aliphatic rings. The Morgan fingerprint density at radius 1 is 1.21 bits per heavy atom. The Balaban J connectivity index is 1.59. The highest BCUT2D eigenvalue weighted by Gasteiger charge is 2.33. The molecule has 0 saturated carbocycles. The van der Waals surface area contributed by atoms with E-state index < -0.39 is 6.10 Å². The third-order valence-electron chi connectivity index (χ3n) is 4.10. The summed E-state index contributed by atoms with van der Waals surface area (Å²) in [6.07, 6.45) is 0.207. The molecule has 4 nitrogen and oxygen atoms in total. The van der Waals surface area contributed by atoms with Gasteiger partial charge >= 0.3 is 0 Å². The average molecular weight is 338 g/mol. The SMILES string of the molecule is N#Cc1ccc(N2CC[C@H](SC[C@H](O)c3ccccc3)C2=O)cc1. The number of anilines is 1. The molecule has 2 aromatic carbocycles. The van der Waals surface area contributed by atoms with Gasteiger partial charge in [0.05, 0.1) is 23.0 Å². The van der Waals surface area contributed by atoms with Crippen LogP contribution >= 0.6 is 11.8 Å². The van der Waals surface area contributed by atoms with Crippen LogP contribution in [0.25, 0.3) is 0 Å². The van der Waals surface area contributed by atoms with Crippen molar-refractivity contribution < 1.29 is 9.90 Å².